The highest BCUT2D eigenvalue weighted by molar-refractivity contribution is 6.00. The molecule has 1 aliphatic carbocycles. The minimum Gasteiger partial charge on any atom is -0.497 e. The second kappa shape index (κ2) is 4.97. The van der Waals surface area contributed by atoms with Gasteiger partial charge in [0.2, 0.25) is 0 Å². The maximum atomic E-state index is 12.5. The van der Waals surface area contributed by atoms with Crippen LogP contribution in [0.2, 0.25) is 0 Å². The maximum absolute atomic E-state index is 12.5. The van der Waals surface area contributed by atoms with Gasteiger partial charge in [0, 0.05) is 18.2 Å². The molecule has 1 saturated carbocycles. The summed E-state index contributed by atoms with van der Waals surface area (Å²) in [5, 5.41) is 0. The Morgan fingerprint density at radius 2 is 2.05 bits per heavy atom. The number of benzene rings is 1. The van der Waals surface area contributed by atoms with Gasteiger partial charge in [-0.25, -0.2) is 0 Å². The van der Waals surface area contributed by atoms with Crippen molar-refractivity contribution in [1.29, 1.82) is 0 Å². The molecule has 2 bridgehead atoms. The topological polar surface area (TPSA) is 29.5 Å². The number of piperidine rings is 1. The summed E-state index contributed by atoms with van der Waals surface area (Å²) in [6.45, 7) is 3.15. The Balaban J connectivity index is 1.72. The number of carbonyl (C=O) groups is 1. The molecule has 0 spiro atoms. The molecule has 0 amide bonds. The lowest BCUT2D eigenvalue weighted by atomic mass is 10.0. The third kappa shape index (κ3) is 2.27. The monoisotopic (exact) mass is 259 g/mol. The molecule has 1 aromatic carbocycles. The minimum atomic E-state index is 0.00342. The molecule has 19 heavy (non-hydrogen) atoms. The molecule has 3 rings (SSSR count). The number of nitrogens with zero attached hydrogens (tertiary/aromatic N) is 1. The van der Waals surface area contributed by atoms with E-state index in [1.54, 1.807) is 7.11 Å². The van der Waals surface area contributed by atoms with Crippen LogP contribution in [-0.4, -0.2) is 36.4 Å². The summed E-state index contributed by atoms with van der Waals surface area (Å²) in [5.41, 5.74) is 0.788. The highest BCUT2D eigenvalue weighted by Gasteiger charge is 2.41. The Morgan fingerprint density at radius 1 is 1.32 bits per heavy atom. The van der Waals surface area contributed by atoms with Crippen molar-refractivity contribution < 1.29 is 9.53 Å². The van der Waals surface area contributed by atoms with Crippen molar-refractivity contribution in [3.05, 3.63) is 29.8 Å². The van der Waals surface area contributed by atoms with Crippen LogP contribution < -0.4 is 4.74 Å². The Kier molecular flexibility index (Phi) is 3.31. The molecule has 3 heteroatoms. The molecule has 0 radical (unpaired) electrons. The molecule has 0 N–H and O–H groups in total. The fourth-order valence-corrected chi connectivity index (χ4v) is 3.58. The molecule has 1 aromatic rings. The summed E-state index contributed by atoms with van der Waals surface area (Å²) in [6.07, 6.45) is 3.91. The minimum absolute atomic E-state index is 0.00342. The van der Waals surface area contributed by atoms with Gasteiger partial charge in [0.25, 0.3) is 0 Å². The number of Topliss-reactive ketones (excluding diaryl/α,β-unsaturated/α-hetero) is 1. The van der Waals surface area contributed by atoms with Crippen LogP contribution in [0.15, 0.2) is 24.3 Å². The molecule has 1 saturated heterocycles. The number of hydrogen-bond acceptors (Lipinski definition) is 3. The third-order valence-corrected chi connectivity index (χ3v) is 4.70. The van der Waals surface area contributed by atoms with Gasteiger partial charge in [-0.1, -0.05) is 0 Å². The lowest BCUT2D eigenvalue weighted by Crippen LogP contribution is -2.43. The van der Waals surface area contributed by atoms with Gasteiger partial charge < -0.3 is 4.74 Å². The van der Waals surface area contributed by atoms with Crippen LogP contribution in [0.1, 0.15) is 36.5 Å². The van der Waals surface area contributed by atoms with E-state index in [9.17, 15) is 4.79 Å². The summed E-state index contributed by atoms with van der Waals surface area (Å²) in [5.74, 6) is 1.86. The molecule has 102 valence electrons. The zero-order chi connectivity index (χ0) is 13.4. The molecule has 1 aliphatic heterocycles. The van der Waals surface area contributed by atoms with Gasteiger partial charge in [0.1, 0.15) is 5.75 Å². The predicted octanol–water partition coefficient (Wildman–Crippen LogP) is 2.75. The summed E-state index contributed by atoms with van der Waals surface area (Å²) >= 11 is 0. The van der Waals surface area contributed by atoms with Gasteiger partial charge in [-0.2, -0.15) is 0 Å². The number of carbonyl (C=O) groups excluding carboxylic acids is 1. The molecule has 0 aromatic heterocycles. The lowest BCUT2D eigenvalue weighted by Gasteiger charge is -2.31. The van der Waals surface area contributed by atoms with Crippen LogP contribution >= 0.6 is 0 Å². The standard InChI is InChI=1S/C16H21NO2/c1-11(17-10-12-3-6-14(17)9-12)16(18)13-4-7-15(19-2)8-5-13/h4-5,7-8,11-12,14H,3,6,9-10H2,1-2H3. The van der Waals surface area contributed by atoms with E-state index in [-0.39, 0.29) is 11.8 Å². The van der Waals surface area contributed by atoms with Crippen LogP contribution in [0.5, 0.6) is 5.75 Å². The number of hydrogen-bond donors (Lipinski definition) is 0. The van der Waals surface area contributed by atoms with E-state index in [4.69, 9.17) is 4.74 Å². The molecule has 2 aliphatic rings. The van der Waals surface area contributed by atoms with E-state index in [1.807, 2.05) is 31.2 Å². The third-order valence-electron chi connectivity index (χ3n) is 4.70. The molecule has 3 nitrogen and oxygen atoms in total. The van der Waals surface area contributed by atoms with E-state index >= 15 is 0 Å². The average molecular weight is 259 g/mol. The predicted molar refractivity (Wildman–Crippen MR) is 74.6 cm³/mol. The number of methoxy groups -OCH3 is 1. The molecule has 3 atom stereocenters. The maximum Gasteiger partial charge on any atom is 0.179 e. The lowest BCUT2D eigenvalue weighted by molar-refractivity contribution is 0.0787. The van der Waals surface area contributed by atoms with E-state index in [0.29, 0.717) is 6.04 Å². The summed E-state index contributed by atoms with van der Waals surface area (Å²) in [4.78, 5) is 14.9. The Bertz CT molecular complexity index is 468. The number of rotatable bonds is 4. The van der Waals surface area contributed by atoms with Crippen molar-refractivity contribution in [2.45, 2.75) is 38.3 Å². The first-order valence-electron chi connectivity index (χ1n) is 7.13. The van der Waals surface area contributed by atoms with Gasteiger partial charge in [-0.15, -0.1) is 0 Å². The smallest absolute Gasteiger partial charge is 0.179 e. The first-order chi connectivity index (χ1) is 9.19. The zero-order valence-corrected chi connectivity index (χ0v) is 11.6. The van der Waals surface area contributed by atoms with Crippen LogP contribution in [0.4, 0.5) is 0 Å². The van der Waals surface area contributed by atoms with Gasteiger partial charge in [0.15, 0.2) is 5.78 Å². The molecular weight excluding hydrogens is 238 g/mol. The van der Waals surface area contributed by atoms with Crippen molar-refractivity contribution in [3.8, 4) is 5.75 Å². The van der Waals surface area contributed by atoms with E-state index in [1.165, 1.54) is 19.3 Å². The van der Waals surface area contributed by atoms with E-state index < -0.39 is 0 Å². The molecule has 2 fully saturated rings. The summed E-state index contributed by atoms with van der Waals surface area (Å²) in [6, 6.07) is 8.09. The van der Waals surface area contributed by atoms with Crippen molar-refractivity contribution in [3.63, 3.8) is 0 Å². The highest BCUT2D eigenvalue weighted by atomic mass is 16.5. The van der Waals surface area contributed by atoms with Gasteiger partial charge in [0.05, 0.1) is 13.2 Å². The number of ketones is 1. The normalized spacial score (nSPS) is 27.5. The van der Waals surface area contributed by atoms with Gasteiger partial charge in [-0.05, 0) is 56.4 Å². The Hall–Kier alpha value is -1.35. The highest BCUT2D eigenvalue weighted by Crippen LogP contribution is 2.38. The van der Waals surface area contributed by atoms with Crippen LogP contribution in [0, 0.1) is 5.92 Å². The fourth-order valence-electron chi connectivity index (χ4n) is 3.58. The van der Waals surface area contributed by atoms with E-state index in [0.717, 1.165) is 23.8 Å². The quantitative estimate of drug-likeness (QED) is 0.779. The molecular formula is C16H21NO2. The number of ether oxygens (including phenoxy) is 1. The fraction of sp³-hybridized carbons (Fsp3) is 0.562. The van der Waals surface area contributed by atoms with Gasteiger partial charge >= 0.3 is 0 Å². The van der Waals surface area contributed by atoms with Gasteiger partial charge in [-0.3, -0.25) is 9.69 Å². The van der Waals surface area contributed by atoms with E-state index in [2.05, 4.69) is 4.90 Å². The second-order valence-corrected chi connectivity index (χ2v) is 5.80. The summed E-state index contributed by atoms with van der Waals surface area (Å²) < 4.78 is 5.13. The first-order valence-corrected chi connectivity index (χ1v) is 7.13. The molecule has 3 unspecified atom stereocenters. The van der Waals surface area contributed by atoms with Crippen molar-refractivity contribution in [2.75, 3.05) is 13.7 Å². The van der Waals surface area contributed by atoms with Crippen molar-refractivity contribution in [1.82, 2.24) is 4.90 Å². The number of fused-ring (bicyclic) bond motifs is 2. The molecule has 1 heterocycles. The van der Waals surface area contributed by atoms with Crippen molar-refractivity contribution >= 4 is 5.78 Å². The Morgan fingerprint density at radius 3 is 2.58 bits per heavy atom. The number of likely N-dealkylation sites (tertiary alicyclic amines) is 1. The van der Waals surface area contributed by atoms with Crippen LogP contribution in [-0.2, 0) is 0 Å². The average Bonchev–Trinajstić information content (AvgIpc) is 3.08. The first kappa shape index (κ1) is 12.7. The zero-order valence-electron chi connectivity index (χ0n) is 11.6. The van der Waals surface area contributed by atoms with Crippen molar-refractivity contribution in [2.24, 2.45) is 5.92 Å². The Labute approximate surface area is 114 Å². The second-order valence-electron chi connectivity index (χ2n) is 5.80. The van der Waals surface area contributed by atoms with Crippen LogP contribution in [0.3, 0.4) is 0 Å². The largest absolute Gasteiger partial charge is 0.497 e. The summed E-state index contributed by atoms with van der Waals surface area (Å²) in [7, 11) is 1.64. The SMILES string of the molecule is COc1ccc(C(=O)C(C)N2CC3CCC2C3)cc1. The van der Waals surface area contributed by atoms with Crippen LogP contribution in [0.25, 0.3) is 0 Å².